The van der Waals surface area contributed by atoms with Crippen LogP contribution in [0.15, 0.2) is 24.3 Å². The number of nitrogens with zero attached hydrogens (tertiary/aromatic N) is 1. The maximum absolute atomic E-state index is 11.7. The highest BCUT2D eigenvalue weighted by Gasteiger charge is 2.07. The predicted molar refractivity (Wildman–Crippen MR) is 68.3 cm³/mol. The Labute approximate surface area is 103 Å². The van der Waals surface area contributed by atoms with E-state index in [1.165, 1.54) is 0 Å². The van der Waals surface area contributed by atoms with E-state index in [2.05, 4.69) is 5.32 Å². The molecule has 1 rings (SSSR count). The van der Waals surface area contributed by atoms with Crippen molar-refractivity contribution in [3.8, 4) is 5.75 Å². The van der Waals surface area contributed by atoms with Crippen LogP contribution in [0.5, 0.6) is 5.75 Å². The molecule has 0 aliphatic rings. The fourth-order valence-corrected chi connectivity index (χ4v) is 1.50. The third-order valence-electron chi connectivity index (χ3n) is 2.42. The van der Waals surface area contributed by atoms with Crippen LogP contribution in [-0.4, -0.2) is 45.1 Å². The molecule has 0 aromatic heterocycles. The van der Waals surface area contributed by atoms with Crippen LogP contribution in [0.2, 0.25) is 0 Å². The maximum atomic E-state index is 11.7. The van der Waals surface area contributed by atoms with Crippen molar-refractivity contribution in [2.24, 2.45) is 0 Å². The summed E-state index contributed by atoms with van der Waals surface area (Å²) in [6.07, 6.45) is 0.359. The van der Waals surface area contributed by atoms with Crippen LogP contribution >= 0.6 is 0 Å². The molecule has 0 bridgehead atoms. The van der Waals surface area contributed by atoms with Crippen LogP contribution in [0.1, 0.15) is 5.56 Å². The third kappa shape index (κ3) is 4.87. The average Bonchev–Trinajstić information content (AvgIpc) is 2.29. The number of hydrogen-bond donors (Lipinski definition) is 1. The van der Waals surface area contributed by atoms with Crippen molar-refractivity contribution in [3.05, 3.63) is 29.8 Å². The summed E-state index contributed by atoms with van der Waals surface area (Å²) in [6.45, 7) is 1.51. The minimum atomic E-state index is 0.0244. The van der Waals surface area contributed by atoms with Crippen LogP contribution in [0.3, 0.4) is 0 Å². The molecule has 4 nitrogen and oxygen atoms in total. The van der Waals surface area contributed by atoms with E-state index in [0.29, 0.717) is 13.0 Å². The minimum absolute atomic E-state index is 0.0244. The molecule has 1 N–H and O–H groups in total. The highest BCUT2D eigenvalue weighted by Crippen LogP contribution is 2.17. The number of methoxy groups -OCH3 is 1. The summed E-state index contributed by atoms with van der Waals surface area (Å²) in [5.41, 5.74) is 0.914. The number of carbonyl (C=O) groups excluding carboxylic acids is 1. The molecule has 0 aliphatic carbocycles. The molecule has 0 atom stereocenters. The van der Waals surface area contributed by atoms with Crippen molar-refractivity contribution in [2.45, 2.75) is 6.42 Å². The van der Waals surface area contributed by atoms with Gasteiger partial charge in [0, 0.05) is 18.7 Å². The molecule has 4 heteroatoms. The lowest BCUT2D eigenvalue weighted by atomic mass is 10.1. The molecule has 0 radical (unpaired) electrons. The van der Waals surface area contributed by atoms with E-state index >= 15 is 0 Å². The Bertz CT molecular complexity index is 364. The van der Waals surface area contributed by atoms with Gasteiger partial charge in [-0.15, -0.1) is 0 Å². The van der Waals surface area contributed by atoms with Gasteiger partial charge >= 0.3 is 0 Å². The summed E-state index contributed by atoms with van der Waals surface area (Å²) in [7, 11) is 5.57. The Hall–Kier alpha value is -1.55. The summed E-state index contributed by atoms with van der Waals surface area (Å²) in [5.74, 6) is 0.784. The largest absolute Gasteiger partial charge is 0.496 e. The lowest BCUT2D eigenvalue weighted by Crippen LogP contribution is -2.32. The van der Waals surface area contributed by atoms with Gasteiger partial charge in [0.25, 0.3) is 0 Å². The summed E-state index contributed by atoms with van der Waals surface area (Å²) < 4.78 is 5.20. The molecular weight excluding hydrogens is 216 g/mol. The first-order valence-corrected chi connectivity index (χ1v) is 5.67. The van der Waals surface area contributed by atoms with Gasteiger partial charge < -0.3 is 15.0 Å². The van der Waals surface area contributed by atoms with E-state index in [0.717, 1.165) is 17.9 Å². The topological polar surface area (TPSA) is 41.6 Å². The number of benzene rings is 1. The van der Waals surface area contributed by atoms with E-state index in [1.54, 1.807) is 7.11 Å². The minimum Gasteiger partial charge on any atom is -0.496 e. The number of rotatable bonds is 6. The number of carbonyl (C=O) groups is 1. The Morgan fingerprint density at radius 2 is 2.06 bits per heavy atom. The van der Waals surface area contributed by atoms with E-state index in [1.807, 2.05) is 43.3 Å². The number of para-hydroxylation sites is 1. The number of amides is 1. The summed E-state index contributed by atoms with van der Waals surface area (Å²) in [6, 6.07) is 7.57. The first-order chi connectivity index (χ1) is 8.13. The SMILES string of the molecule is COc1ccccc1CC(=O)NCCN(C)C. The quantitative estimate of drug-likeness (QED) is 0.798. The molecule has 17 heavy (non-hydrogen) atoms. The second-order valence-electron chi connectivity index (χ2n) is 4.14. The maximum Gasteiger partial charge on any atom is 0.224 e. The van der Waals surface area contributed by atoms with Crippen molar-refractivity contribution in [1.82, 2.24) is 10.2 Å². The van der Waals surface area contributed by atoms with Gasteiger partial charge in [-0.1, -0.05) is 18.2 Å². The van der Waals surface area contributed by atoms with Crippen LogP contribution < -0.4 is 10.1 Å². The molecule has 0 fully saturated rings. The van der Waals surface area contributed by atoms with E-state index in [9.17, 15) is 4.79 Å². The summed E-state index contributed by atoms with van der Waals surface area (Å²) in [5, 5.41) is 2.88. The standard InChI is InChI=1S/C13H20N2O2/c1-15(2)9-8-14-13(16)10-11-6-4-5-7-12(11)17-3/h4-7H,8-10H2,1-3H3,(H,14,16). The number of nitrogens with one attached hydrogen (secondary N) is 1. The lowest BCUT2D eigenvalue weighted by molar-refractivity contribution is -0.120. The lowest BCUT2D eigenvalue weighted by Gasteiger charge is -2.11. The molecule has 0 aliphatic heterocycles. The van der Waals surface area contributed by atoms with Crippen LogP contribution in [0, 0.1) is 0 Å². The van der Waals surface area contributed by atoms with Gasteiger partial charge in [-0.05, 0) is 20.2 Å². The van der Waals surface area contributed by atoms with Gasteiger partial charge in [0.15, 0.2) is 0 Å². The average molecular weight is 236 g/mol. The van der Waals surface area contributed by atoms with Crippen molar-refractivity contribution in [1.29, 1.82) is 0 Å². The van der Waals surface area contributed by atoms with E-state index < -0.39 is 0 Å². The van der Waals surface area contributed by atoms with Gasteiger partial charge in [0.2, 0.25) is 5.91 Å². The van der Waals surface area contributed by atoms with Crippen LogP contribution in [0.4, 0.5) is 0 Å². The molecule has 1 amide bonds. The predicted octanol–water partition coefficient (Wildman–Crippen LogP) is 0.915. The molecular formula is C13H20N2O2. The first kappa shape index (κ1) is 13.5. The Kier molecular flexibility index (Phi) is 5.49. The van der Waals surface area contributed by atoms with E-state index in [-0.39, 0.29) is 5.91 Å². The number of hydrogen-bond acceptors (Lipinski definition) is 3. The molecule has 0 saturated heterocycles. The van der Waals surface area contributed by atoms with Gasteiger partial charge in [0.05, 0.1) is 13.5 Å². The van der Waals surface area contributed by atoms with Gasteiger partial charge in [-0.3, -0.25) is 4.79 Å². The second kappa shape index (κ2) is 6.91. The zero-order valence-electron chi connectivity index (χ0n) is 10.7. The normalized spacial score (nSPS) is 10.4. The van der Waals surface area contributed by atoms with Gasteiger partial charge in [-0.25, -0.2) is 0 Å². The zero-order valence-corrected chi connectivity index (χ0v) is 10.7. The molecule has 1 aromatic rings. The highest BCUT2D eigenvalue weighted by atomic mass is 16.5. The Balaban J connectivity index is 2.45. The smallest absolute Gasteiger partial charge is 0.224 e. The number of ether oxygens (including phenoxy) is 1. The molecule has 0 heterocycles. The molecule has 0 unspecified atom stereocenters. The van der Waals surface area contributed by atoms with Crippen LogP contribution in [-0.2, 0) is 11.2 Å². The van der Waals surface area contributed by atoms with Crippen molar-refractivity contribution in [3.63, 3.8) is 0 Å². The van der Waals surface area contributed by atoms with Gasteiger partial charge in [-0.2, -0.15) is 0 Å². The van der Waals surface area contributed by atoms with Crippen LogP contribution in [0.25, 0.3) is 0 Å². The third-order valence-corrected chi connectivity index (χ3v) is 2.42. The monoisotopic (exact) mass is 236 g/mol. The fraction of sp³-hybridized carbons (Fsp3) is 0.462. The molecule has 0 saturated carbocycles. The Morgan fingerprint density at radius 1 is 1.35 bits per heavy atom. The van der Waals surface area contributed by atoms with Crippen molar-refractivity contribution in [2.75, 3.05) is 34.3 Å². The fourth-order valence-electron chi connectivity index (χ4n) is 1.50. The molecule has 94 valence electrons. The van der Waals surface area contributed by atoms with E-state index in [4.69, 9.17) is 4.74 Å². The van der Waals surface area contributed by atoms with Crippen molar-refractivity contribution < 1.29 is 9.53 Å². The van der Waals surface area contributed by atoms with Gasteiger partial charge in [0.1, 0.15) is 5.75 Å². The zero-order chi connectivity index (χ0) is 12.7. The molecule has 0 spiro atoms. The second-order valence-corrected chi connectivity index (χ2v) is 4.14. The highest BCUT2D eigenvalue weighted by molar-refractivity contribution is 5.79. The first-order valence-electron chi connectivity index (χ1n) is 5.67. The van der Waals surface area contributed by atoms with Crippen molar-refractivity contribution >= 4 is 5.91 Å². The summed E-state index contributed by atoms with van der Waals surface area (Å²) in [4.78, 5) is 13.7. The Morgan fingerprint density at radius 3 is 2.71 bits per heavy atom. The number of likely N-dealkylation sites (N-methyl/N-ethyl adjacent to an activating group) is 1. The summed E-state index contributed by atoms with van der Waals surface area (Å²) >= 11 is 0. The molecule has 1 aromatic carbocycles.